The monoisotopic (exact) mass is 491 g/mol. The topological polar surface area (TPSA) is 86.4 Å². The SMILES string of the molecule is O=C(Nc1ccc(Cl)cc1)N[C@H](Cc1ccccc1)C(=O)NCC1CCN(c2ccncc2)CC1. The lowest BCUT2D eigenvalue weighted by Gasteiger charge is -2.33. The van der Waals surface area contributed by atoms with Crippen molar-refractivity contribution in [2.45, 2.75) is 25.3 Å². The van der Waals surface area contributed by atoms with Gasteiger partial charge in [-0.2, -0.15) is 0 Å². The van der Waals surface area contributed by atoms with Gasteiger partial charge in [-0.3, -0.25) is 9.78 Å². The van der Waals surface area contributed by atoms with Gasteiger partial charge < -0.3 is 20.9 Å². The summed E-state index contributed by atoms with van der Waals surface area (Å²) in [5, 5.41) is 9.27. The Kier molecular flexibility index (Phi) is 8.57. The van der Waals surface area contributed by atoms with Crippen molar-refractivity contribution in [3.05, 3.63) is 89.7 Å². The third-order valence-corrected chi connectivity index (χ3v) is 6.47. The predicted octanol–water partition coefficient (Wildman–Crippen LogP) is 4.50. The Morgan fingerprint density at radius 1 is 0.971 bits per heavy atom. The average Bonchev–Trinajstić information content (AvgIpc) is 2.89. The van der Waals surface area contributed by atoms with E-state index in [9.17, 15) is 9.59 Å². The van der Waals surface area contributed by atoms with Crippen molar-refractivity contribution in [1.82, 2.24) is 15.6 Å². The first-order valence-electron chi connectivity index (χ1n) is 11.9. The Morgan fingerprint density at radius 2 is 1.66 bits per heavy atom. The second kappa shape index (κ2) is 12.2. The van der Waals surface area contributed by atoms with Crippen molar-refractivity contribution in [3.8, 4) is 0 Å². The lowest BCUT2D eigenvalue weighted by Crippen LogP contribution is -2.50. The first-order chi connectivity index (χ1) is 17.1. The molecule has 0 bridgehead atoms. The van der Waals surface area contributed by atoms with Crippen LogP contribution in [0.3, 0.4) is 0 Å². The zero-order valence-corrected chi connectivity index (χ0v) is 20.2. The maximum atomic E-state index is 13.1. The van der Waals surface area contributed by atoms with E-state index in [2.05, 4.69) is 25.8 Å². The van der Waals surface area contributed by atoms with Crippen molar-refractivity contribution in [3.63, 3.8) is 0 Å². The van der Waals surface area contributed by atoms with Crippen LogP contribution in [0.25, 0.3) is 0 Å². The van der Waals surface area contributed by atoms with Gasteiger partial charge in [0.15, 0.2) is 0 Å². The molecule has 1 aliphatic rings. The maximum Gasteiger partial charge on any atom is 0.319 e. The van der Waals surface area contributed by atoms with E-state index in [-0.39, 0.29) is 5.91 Å². The summed E-state index contributed by atoms with van der Waals surface area (Å²) in [6.07, 6.45) is 6.02. The van der Waals surface area contributed by atoms with Gasteiger partial charge in [0.2, 0.25) is 5.91 Å². The average molecular weight is 492 g/mol. The molecule has 1 atom stereocenters. The highest BCUT2D eigenvalue weighted by molar-refractivity contribution is 6.30. The molecule has 3 N–H and O–H groups in total. The van der Waals surface area contributed by atoms with Gasteiger partial charge in [0, 0.05) is 54.8 Å². The number of halogens is 1. The summed E-state index contributed by atoms with van der Waals surface area (Å²) in [6.45, 7) is 2.48. The van der Waals surface area contributed by atoms with E-state index >= 15 is 0 Å². The summed E-state index contributed by atoms with van der Waals surface area (Å²) >= 11 is 5.92. The molecular formula is C27H30ClN5O2. The molecule has 3 amide bonds. The predicted molar refractivity (Wildman–Crippen MR) is 140 cm³/mol. The Balaban J connectivity index is 1.31. The summed E-state index contributed by atoms with van der Waals surface area (Å²) in [4.78, 5) is 32.2. The van der Waals surface area contributed by atoms with Gasteiger partial charge in [0.05, 0.1) is 0 Å². The number of nitrogens with zero attached hydrogens (tertiary/aromatic N) is 2. The van der Waals surface area contributed by atoms with Gasteiger partial charge in [-0.05, 0) is 60.7 Å². The van der Waals surface area contributed by atoms with E-state index in [4.69, 9.17) is 11.6 Å². The van der Waals surface area contributed by atoms with Crippen LogP contribution < -0.4 is 20.9 Å². The molecule has 0 unspecified atom stereocenters. The summed E-state index contributed by atoms with van der Waals surface area (Å²) in [7, 11) is 0. The van der Waals surface area contributed by atoms with Crippen LogP contribution in [0.1, 0.15) is 18.4 Å². The molecule has 1 saturated heterocycles. The van der Waals surface area contributed by atoms with Crippen LogP contribution in [0, 0.1) is 5.92 Å². The number of rotatable bonds is 8. The molecule has 2 aromatic carbocycles. The van der Waals surface area contributed by atoms with E-state index in [0.29, 0.717) is 29.6 Å². The van der Waals surface area contributed by atoms with Crippen molar-refractivity contribution in [1.29, 1.82) is 0 Å². The molecule has 0 radical (unpaired) electrons. The summed E-state index contributed by atoms with van der Waals surface area (Å²) in [6, 6.07) is 19.4. The standard InChI is InChI=1S/C27H30ClN5O2/c28-22-6-8-23(9-7-22)31-27(35)32-25(18-20-4-2-1-3-5-20)26(34)30-19-21-12-16-33(17-13-21)24-10-14-29-15-11-24/h1-11,14-15,21,25H,12-13,16-19H2,(H,30,34)(H2,31,32,35)/t25-/m1/s1. The lowest BCUT2D eigenvalue weighted by atomic mass is 9.96. The normalized spacial score (nSPS) is 14.7. The van der Waals surface area contributed by atoms with Gasteiger partial charge in [-0.25, -0.2) is 4.79 Å². The van der Waals surface area contributed by atoms with Crippen molar-refractivity contribution in [2.24, 2.45) is 5.92 Å². The molecule has 1 fully saturated rings. The molecule has 7 nitrogen and oxygen atoms in total. The van der Waals surface area contributed by atoms with E-state index in [1.54, 1.807) is 24.3 Å². The molecule has 0 aliphatic carbocycles. The number of piperidine rings is 1. The molecule has 1 aromatic heterocycles. The number of carbonyl (C=O) groups excluding carboxylic acids is 2. The maximum absolute atomic E-state index is 13.1. The summed E-state index contributed by atoms with van der Waals surface area (Å²) in [5.41, 5.74) is 2.76. The molecule has 8 heteroatoms. The first-order valence-corrected chi connectivity index (χ1v) is 12.2. The second-order valence-corrected chi connectivity index (χ2v) is 9.17. The van der Waals surface area contributed by atoms with Crippen molar-refractivity contribution < 1.29 is 9.59 Å². The van der Waals surface area contributed by atoms with Gasteiger partial charge in [-0.15, -0.1) is 0 Å². The van der Waals surface area contributed by atoms with Crippen LogP contribution in [0.15, 0.2) is 79.1 Å². The fourth-order valence-electron chi connectivity index (χ4n) is 4.24. The number of urea groups is 1. The minimum Gasteiger partial charge on any atom is -0.371 e. The van der Waals surface area contributed by atoms with E-state index < -0.39 is 12.1 Å². The van der Waals surface area contributed by atoms with Gasteiger partial charge in [0.25, 0.3) is 0 Å². The minimum atomic E-state index is -0.693. The number of pyridine rings is 1. The summed E-state index contributed by atoms with van der Waals surface area (Å²) < 4.78 is 0. The fraction of sp³-hybridized carbons (Fsp3) is 0.296. The highest BCUT2D eigenvalue weighted by Crippen LogP contribution is 2.22. The molecule has 0 saturated carbocycles. The number of amides is 3. The van der Waals surface area contributed by atoms with Crippen LogP contribution in [-0.4, -0.2) is 42.6 Å². The number of anilines is 2. The van der Waals surface area contributed by atoms with Crippen LogP contribution in [-0.2, 0) is 11.2 Å². The molecule has 182 valence electrons. The molecule has 1 aliphatic heterocycles. The Morgan fingerprint density at radius 3 is 2.34 bits per heavy atom. The number of aromatic nitrogens is 1. The molecule has 2 heterocycles. The van der Waals surface area contributed by atoms with E-state index in [1.807, 2.05) is 54.9 Å². The third-order valence-electron chi connectivity index (χ3n) is 6.21. The zero-order chi connectivity index (χ0) is 24.5. The van der Waals surface area contributed by atoms with Crippen LogP contribution in [0.4, 0.5) is 16.2 Å². The van der Waals surface area contributed by atoms with Crippen LogP contribution >= 0.6 is 11.6 Å². The molecule has 3 aromatic rings. The second-order valence-electron chi connectivity index (χ2n) is 8.73. The third kappa shape index (κ3) is 7.45. The van der Waals surface area contributed by atoms with Gasteiger partial charge in [-0.1, -0.05) is 41.9 Å². The lowest BCUT2D eigenvalue weighted by molar-refractivity contribution is -0.123. The number of nitrogens with one attached hydrogen (secondary N) is 3. The van der Waals surface area contributed by atoms with Crippen LogP contribution in [0.2, 0.25) is 5.02 Å². The minimum absolute atomic E-state index is 0.184. The number of hydrogen-bond acceptors (Lipinski definition) is 4. The number of benzene rings is 2. The van der Waals surface area contributed by atoms with Gasteiger partial charge >= 0.3 is 6.03 Å². The fourth-order valence-corrected chi connectivity index (χ4v) is 4.36. The molecular weight excluding hydrogens is 462 g/mol. The quantitative estimate of drug-likeness (QED) is 0.433. The highest BCUT2D eigenvalue weighted by atomic mass is 35.5. The van der Waals surface area contributed by atoms with Crippen molar-refractivity contribution in [2.75, 3.05) is 29.9 Å². The van der Waals surface area contributed by atoms with Crippen molar-refractivity contribution >= 4 is 34.9 Å². The number of carbonyl (C=O) groups is 2. The number of hydrogen-bond donors (Lipinski definition) is 3. The zero-order valence-electron chi connectivity index (χ0n) is 19.5. The van der Waals surface area contributed by atoms with E-state index in [0.717, 1.165) is 31.5 Å². The first kappa shape index (κ1) is 24.5. The summed E-state index contributed by atoms with van der Waals surface area (Å²) in [5.74, 6) is 0.217. The largest absolute Gasteiger partial charge is 0.371 e. The van der Waals surface area contributed by atoms with Crippen LogP contribution in [0.5, 0.6) is 0 Å². The Hall–Kier alpha value is -3.58. The van der Waals surface area contributed by atoms with Gasteiger partial charge in [0.1, 0.15) is 6.04 Å². The molecule has 35 heavy (non-hydrogen) atoms. The molecule has 4 rings (SSSR count). The smallest absolute Gasteiger partial charge is 0.319 e. The highest BCUT2D eigenvalue weighted by Gasteiger charge is 2.24. The molecule has 0 spiro atoms. The Labute approximate surface area is 210 Å². The van der Waals surface area contributed by atoms with E-state index in [1.165, 1.54) is 5.69 Å². The Bertz CT molecular complexity index is 1090.